The number of nitrogens with one attached hydrogen (secondary N) is 1. The van der Waals surface area contributed by atoms with Gasteiger partial charge in [-0.25, -0.2) is 8.42 Å². The number of halogens is 1. The molecule has 1 atom stereocenters. The van der Waals surface area contributed by atoms with Crippen molar-refractivity contribution in [2.24, 2.45) is 0 Å². The number of amides is 1. The van der Waals surface area contributed by atoms with Crippen LogP contribution in [0.4, 0.5) is 5.69 Å². The van der Waals surface area contributed by atoms with Gasteiger partial charge in [0.15, 0.2) is 0 Å². The minimum Gasteiger partial charge on any atom is -0.325 e. The number of sulfonamides is 1. The number of rotatable bonds is 6. The van der Waals surface area contributed by atoms with Crippen molar-refractivity contribution in [1.82, 2.24) is 4.31 Å². The van der Waals surface area contributed by atoms with Gasteiger partial charge in [-0.05, 0) is 31.5 Å². The van der Waals surface area contributed by atoms with Gasteiger partial charge >= 0.3 is 0 Å². The molecule has 0 spiro atoms. The first-order valence-electron chi connectivity index (χ1n) is 6.79. The normalized spacial score (nSPS) is 13.2. The number of nitrogens with zero attached hydrogens (tertiary/aromatic N) is 1. The van der Waals surface area contributed by atoms with Crippen LogP contribution in [0.15, 0.2) is 23.1 Å². The van der Waals surface area contributed by atoms with Crippen LogP contribution in [-0.2, 0) is 14.8 Å². The summed E-state index contributed by atoms with van der Waals surface area (Å²) in [5, 5.41) is 1.92. The average molecular weight is 333 g/mol. The zero-order chi connectivity index (χ0) is 16.2. The summed E-state index contributed by atoms with van der Waals surface area (Å²) in [6, 6.07) is 4.80. The van der Waals surface area contributed by atoms with Gasteiger partial charge in [-0.1, -0.05) is 19.9 Å². The van der Waals surface area contributed by atoms with Gasteiger partial charge in [0.1, 0.15) is 5.38 Å². The van der Waals surface area contributed by atoms with Crippen molar-refractivity contribution >= 4 is 33.2 Å². The van der Waals surface area contributed by atoms with E-state index in [0.29, 0.717) is 24.3 Å². The predicted molar refractivity (Wildman–Crippen MR) is 85.2 cm³/mol. The fourth-order valence-electron chi connectivity index (χ4n) is 1.90. The highest BCUT2D eigenvalue weighted by Crippen LogP contribution is 2.23. The van der Waals surface area contributed by atoms with Crippen molar-refractivity contribution in [2.45, 2.75) is 38.0 Å². The van der Waals surface area contributed by atoms with E-state index in [0.717, 1.165) is 0 Å². The summed E-state index contributed by atoms with van der Waals surface area (Å²) in [6.45, 7) is 7.65. The largest absolute Gasteiger partial charge is 0.325 e. The van der Waals surface area contributed by atoms with Crippen molar-refractivity contribution in [3.63, 3.8) is 0 Å². The van der Waals surface area contributed by atoms with Crippen LogP contribution >= 0.6 is 11.6 Å². The summed E-state index contributed by atoms with van der Waals surface area (Å²) in [6.07, 6.45) is 0. The first-order chi connectivity index (χ1) is 9.73. The SMILES string of the molecule is CCN(CC)S(=O)(=O)c1cc(NC(=O)[C@@H](C)Cl)ccc1C. The maximum atomic E-state index is 12.6. The quantitative estimate of drug-likeness (QED) is 0.814. The average Bonchev–Trinajstić information content (AvgIpc) is 2.41. The third-order valence-electron chi connectivity index (χ3n) is 3.14. The van der Waals surface area contributed by atoms with E-state index in [4.69, 9.17) is 11.6 Å². The summed E-state index contributed by atoms with van der Waals surface area (Å²) < 4.78 is 26.5. The maximum absolute atomic E-state index is 12.6. The van der Waals surface area contributed by atoms with E-state index in [1.165, 1.54) is 10.4 Å². The Bertz CT molecular complexity index is 611. The number of hydrogen-bond acceptors (Lipinski definition) is 3. The summed E-state index contributed by atoms with van der Waals surface area (Å²) in [5.41, 5.74) is 1.06. The van der Waals surface area contributed by atoms with Crippen LogP contribution in [0.3, 0.4) is 0 Å². The van der Waals surface area contributed by atoms with Gasteiger partial charge in [-0.15, -0.1) is 11.6 Å². The Kier molecular flexibility index (Phi) is 6.19. The highest BCUT2D eigenvalue weighted by molar-refractivity contribution is 7.89. The zero-order valence-corrected chi connectivity index (χ0v) is 14.3. The fraction of sp³-hybridized carbons (Fsp3) is 0.500. The van der Waals surface area contributed by atoms with Crippen molar-refractivity contribution in [3.8, 4) is 0 Å². The number of alkyl halides is 1. The lowest BCUT2D eigenvalue weighted by molar-refractivity contribution is -0.115. The van der Waals surface area contributed by atoms with Gasteiger partial charge < -0.3 is 5.32 Å². The smallest absolute Gasteiger partial charge is 0.243 e. The minimum atomic E-state index is -3.56. The molecule has 0 bridgehead atoms. The molecule has 0 unspecified atom stereocenters. The molecule has 0 aromatic heterocycles. The monoisotopic (exact) mass is 332 g/mol. The van der Waals surface area contributed by atoms with Gasteiger partial charge in [0, 0.05) is 18.8 Å². The van der Waals surface area contributed by atoms with Crippen molar-refractivity contribution in [1.29, 1.82) is 0 Å². The number of aryl methyl sites for hydroxylation is 1. The number of benzene rings is 1. The third-order valence-corrected chi connectivity index (χ3v) is 5.53. The minimum absolute atomic E-state index is 0.200. The molecule has 0 heterocycles. The van der Waals surface area contributed by atoms with Crippen LogP contribution in [0.5, 0.6) is 0 Å². The van der Waals surface area contributed by atoms with E-state index >= 15 is 0 Å². The van der Waals surface area contributed by atoms with E-state index < -0.39 is 15.4 Å². The van der Waals surface area contributed by atoms with Crippen LogP contribution in [0.25, 0.3) is 0 Å². The molecule has 0 aliphatic rings. The zero-order valence-electron chi connectivity index (χ0n) is 12.7. The molecule has 0 fully saturated rings. The first kappa shape index (κ1) is 17.9. The molecule has 0 saturated carbocycles. The van der Waals surface area contributed by atoms with Crippen molar-refractivity contribution in [2.75, 3.05) is 18.4 Å². The first-order valence-corrected chi connectivity index (χ1v) is 8.67. The Hall–Kier alpha value is -1.11. The Morgan fingerprint density at radius 1 is 1.33 bits per heavy atom. The van der Waals surface area contributed by atoms with Crippen molar-refractivity contribution in [3.05, 3.63) is 23.8 Å². The fourth-order valence-corrected chi connectivity index (χ4v) is 3.66. The van der Waals surface area contributed by atoms with Crippen LogP contribution in [0, 0.1) is 6.92 Å². The molecule has 1 amide bonds. The predicted octanol–water partition coefficient (Wildman–Crippen LogP) is 2.59. The molecule has 0 aliphatic heterocycles. The highest BCUT2D eigenvalue weighted by atomic mass is 35.5. The van der Waals surface area contributed by atoms with Gasteiger partial charge in [0.05, 0.1) is 4.90 Å². The van der Waals surface area contributed by atoms with Crippen LogP contribution in [0.2, 0.25) is 0 Å². The molecule has 0 radical (unpaired) electrons. The van der Waals surface area contributed by atoms with Crippen LogP contribution in [0.1, 0.15) is 26.3 Å². The number of carbonyl (C=O) groups is 1. The third kappa shape index (κ3) is 4.18. The highest BCUT2D eigenvalue weighted by Gasteiger charge is 2.24. The molecule has 1 rings (SSSR count). The van der Waals surface area contributed by atoms with Crippen LogP contribution in [-0.4, -0.2) is 37.1 Å². The molecule has 1 N–H and O–H groups in total. The lowest BCUT2D eigenvalue weighted by atomic mass is 10.2. The van der Waals surface area contributed by atoms with E-state index in [2.05, 4.69) is 5.32 Å². The summed E-state index contributed by atoms with van der Waals surface area (Å²) >= 11 is 5.70. The number of hydrogen-bond donors (Lipinski definition) is 1. The molecule has 21 heavy (non-hydrogen) atoms. The van der Waals surface area contributed by atoms with Gasteiger partial charge in [0.2, 0.25) is 15.9 Å². The summed E-state index contributed by atoms with van der Waals surface area (Å²) in [4.78, 5) is 11.8. The maximum Gasteiger partial charge on any atom is 0.243 e. The lowest BCUT2D eigenvalue weighted by Crippen LogP contribution is -2.31. The molecular formula is C14H21ClN2O3S. The van der Waals surface area contributed by atoms with Gasteiger partial charge in [-0.2, -0.15) is 4.31 Å². The van der Waals surface area contributed by atoms with E-state index in [9.17, 15) is 13.2 Å². The van der Waals surface area contributed by atoms with E-state index in [1.807, 2.05) is 0 Å². The topological polar surface area (TPSA) is 66.5 Å². The summed E-state index contributed by atoms with van der Waals surface area (Å²) in [7, 11) is -3.56. The molecule has 0 saturated heterocycles. The standard InChI is InChI=1S/C14H21ClN2O3S/c1-5-17(6-2)21(19,20)13-9-12(8-7-10(13)3)16-14(18)11(4)15/h7-9,11H,5-6H2,1-4H3,(H,16,18)/t11-/m1/s1. The van der Waals surface area contributed by atoms with E-state index in [-0.39, 0.29) is 10.8 Å². The Balaban J connectivity index is 3.22. The van der Waals surface area contributed by atoms with Gasteiger partial charge in [0.25, 0.3) is 0 Å². The molecule has 7 heteroatoms. The van der Waals surface area contributed by atoms with Gasteiger partial charge in [-0.3, -0.25) is 4.79 Å². The number of anilines is 1. The second kappa shape index (κ2) is 7.24. The molecule has 118 valence electrons. The Labute approximate surface area is 131 Å². The van der Waals surface area contributed by atoms with Crippen molar-refractivity contribution < 1.29 is 13.2 Å². The second-order valence-corrected chi connectivity index (χ2v) is 7.24. The molecular weight excluding hydrogens is 312 g/mol. The number of carbonyl (C=O) groups excluding carboxylic acids is 1. The second-order valence-electron chi connectivity index (χ2n) is 4.67. The molecule has 1 aromatic carbocycles. The molecule has 1 aromatic rings. The molecule has 0 aliphatic carbocycles. The summed E-state index contributed by atoms with van der Waals surface area (Å²) in [5.74, 6) is -0.369. The Morgan fingerprint density at radius 2 is 1.90 bits per heavy atom. The Morgan fingerprint density at radius 3 is 2.38 bits per heavy atom. The molecule has 5 nitrogen and oxygen atoms in total. The van der Waals surface area contributed by atoms with E-state index in [1.54, 1.807) is 39.8 Å². The van der Waals surface area contributed by atoms with Crippen LogP contribution < -0.4 is 5.32 Å². The lowest BCUT2D eigenvalue weighted by Gasteiger charge is -2.20.